The van der Waals surface area contributed by atoms with Crippen LogP contribution in [0.4, 0.5) is 5.82 Å². The number of nitrogens with two attached hydrogens (primary N) is 1. The van der Waals surface area contributed by atoms with Crippen molar-refractivity contribution in [1.82, 2.24) is 4.98 Å². The van der Waals surface area contributed by atoms with Crippen molar-refractivity contribution in [3.8, 4) is 5.75 Å². The molecule has 1 saturated carbocycles. The van der Waals surface area contributed by atoms with Crippen LogP contribution < -0.4 is 14.8 Å². The lowest BCUT2D eigenvalue weighted by Gasteiger charge is -2.17. The minimum Gasteiger partial charge on any atom is -0.489 e. The molecular formula is C10H15N3O3S. The first kappa shape index (κ1) is 12.1. The van der Waals surface area contributed by atoms with E-state index in [9.17, 15) is 8.42 Å². The normalized spacial score (nSPS) is 15.7. The summed E-state index contributed by atoms with van der Waals surface area (Å²) < 4.78 is 28.8. The van der Waals surface area contributed by atoms with Crippen molar-refractivity contribution in [2.75, 3.05) is 19.0 Å². The summed E-state index contributed by atoms with van der Waals surface area (Å²) in [5.74, 6) is 0.583. The highest BCUT2D eigenvalue weighted by atomic mass is 32.2. The van der Waals surface area contributed by atoms with Gasteiger partial charge < -0.3 is 9.64 Å². The van der Waals surface area contributed by atoms with Crippen LogP contribution in [0.3, 0.4) is 0 Å². The van der Waals surface area contributed by atoms with E-state index in [-0.39, 0.29) is 16.7 Å². The van der Waals surface area contributed by atoms with Gasteiger partial charge in [0.1, 0.15) is 5.75 Å². The van der Waals surface area contributed by atoms with Crippen molar-refractivity contribution >= 4 is 15.8 Å². The number of ether oxygens (including phenoxy) is 1. The third kappa shape index (κ3) is 2.67. The fourth-order valence-corrected chi connectivity index (χ4v) is 2.35. The molecule has 0 aliphatic heterocycles. The van der Waals surface area contributed by atoms with Gasteiger partial charge in [0, 0.05) is 26.4 Å². The number of nitrogens with zero attached hydrogens (tertiary/aromatic N) is 2. The number of sulfonamides is 1. The van der Waals surface area contributed by atoms with Gasteiger partial charge in [-0.15, -0.1) is 0 Å². The van der Waals surface area contributed by atoms with Crippen LogP contribution >= 0.6 is 0 Å². The summed E-state index contributed by atoms with van der Waals surface area (Å²) in [6.07, 6.45) is 3.52. The Labute approximate surface area is 100 Å². The van der Waals surface area contributed by atoms with Crippen LogP contribution in [0.5, 0.6) is 5.75 Å². The highest BCUT2D eigenvalue weighted by molar-refractivity contribution is 7.89. The number of anilines is 1. The van der Waals surface area contributed by atoms with Gasteiger partial charge in [-0.3, -0.25) is 0 Å². The molecule has 1 heterocycles. The van der Waals surface area contributed by atoms with E-state index >= 15 is 0 Å². The number of primary sulfonamides is 1. The van der Waals surface area contributed by atoms with Gasteiger partial charge in [-0.25, -0.2) is 18.5 Å². The van der Waals surface area contributed by atoms with Gasteiger partial charge in [-0.2, -0.15) is 0 Å². The number of pyridine rings is 1. The quantitative estimate of drug-likeness (QED) is 0.840. The van der Waals surface area contributed by atoms with Crippen molar-refractivity contribution < 1.29 is 13.2 Å². The maximum absolute atomic E-state index is 11.6. The second kappa shape index (κ2) is 4.15. The molecule has 0 amide bonds. The molecule has 0 saturated heterocycles. The molecule has 0 bridgehead atoms. The van der Waals surface area contributed by atoms with E-state index in [1.165, 1.54) is 12.3 Å². The number of rotatable bonds is 4. The lowest BCUT2D eigenvalue weighted by Crippen LogP contribution is -2.21. The van der Waals surface area contributed by atoms with Gasteiger partial charge in [0.2, 0.25) is 10.0 Å². The third-order valence-corrected chi connectivity index (χ3v) is 3.33. The van der Waals surface area contributed by atoms with Crippen LogP contribution in [0, 0.1) is 0 Å². The second-order valence-electron chi connectivity index (χ2n) is 4.22. The molecule has 2 N–H and O–H groups in total. The first-order valence-electron chi connectivity index (χ1n) is 5.25. The van der Waals surface area contributed by atoms with Crippen LogP contribution in [0.25, 0.3) is 0 Å². The molecule has 0 radical (unpaired) electrons. The monoisotopic (exact) mass is 257 g/mol. The van der Waals surface area contributed by atoms with E-state index in [1.807, 2.05) is 0 Å². The molecule has 1 aromatic rings. The Morgan fingerprint density at radius 3 is 2.59 bits per heavy atom. The summed E-state index contributed by atoms with van der Waals surface area (Å²) in [6, 6.07) is 1.53. The molecule has 17 heavy (non-hydrogen) atoms. The Morgan fingerprint density at radius 2 is 2.12 bits per heavy atom. The van der Waals surface area contributed by atoms with E-state index in [0.717, 1.165) is 12.8 Å². The Morgan fingerprint density at radius 1 is 1.47 bits per heavy atom. The Bertz CT molecular complexity index is 524. The highest BCUT2D eigenvalue weighted by Gasteiger charge is 2.29. The van der Waals surface area contributed by atoms with Crippen molar-refractivity contribution in [2.45, 2.75) is 23.8 Å². The van der Waals surface area contributed by atoms with E-state index < -0.39 is 10.0 Å². The largest absolute Gasteiger partial charge is 0.489 e. The standard InChI is InChI=1S/C10H15N3O3S/c1-13(2)10-9(17(11,14)15)8(5-6-12-10)16-7-3-4-7/h5-7H,3-4H2,1-2H3,(H2,11,14,15). The molecule has 0 unspecified atom stereocenters. The molecule has 94 valence electrons. The molecule has 1 aliphatic carbocycles. The minimum atomic E-state index is -3.86. The predicted octanol–water partition coefficient (Wildman–Crippen LogP) is 0.336. The molecule has 1 aliphatic rings. The van der Waals surface area contributed by atoms with Gasteiger partial charge in [-0.05, 0) is 12.8 Å². The van der Waals surface area contributed by atoms with Crippen molar-refractivity contribution in [2.24, 2.45) is 5.14 Å². The SMILES string of the molecule is CN(C)c1nccc(OC2CC2)c1S(N)(=O)=O. The topological polar surface area (TPSA) is 85.5 Å². The maximum atomic E-state index is 11.6. The van der Waals surface area contributed by atoms with Crippen molar-refractivity contribution in [3.63, 3.8) is 0 Å². The Kier molecular flexibility index (Phi) is 2.96. The molecule has 2 rings (SSSR count). The fraction of sp³-hybridized carbons (Fsp3) is 0.500. The molecular weight excluding hydrogens is 242 g/mol. The van der Waals surface area contributed by atoms with Gasteiger partial charge in [0.05, 0.1) is 6.10 Å². The highest BCUT2D eigenvalue weighted by Crippen LogP contribution is 2.34. The zero-order valence-corrected chi connectivity index (χ0v) is 10.6. The van der Waals surface area contributed by atoms with Crippen molar-refractivity contribution in [3.05, 3.63) is 12.3 Å². The summed E-state index contributed by atoms with van der Waals surface area (Å²) >= 11 is 0. The Balaban J connectivity index is 2.53. The average molecular weight is 257 g/mol. The smallest absolute Gasteiger partial charge is 0.245 e. The molecule has 6 nitrogen and oxygen atoms in total. The lowest BCUT2D eigenvalue weighted by molar-refractivity contribution is 0.295. The van der Waals surface area contributed by atoms with Gasteiger partial charge in [-0.1, -0.05) is 0 Å². The van der Waals surface area contributed by atoms with Crippen LogP contribution in [-0.2, 0) is 10.0 Å². The average Bonchev–Trinajstić information content (AvgIpc) is 2.99. The van der Waals surface area contributed by atoms with Crippen molar-refractivity contribution in [1.29, 1.82) is 0 Å². The summed E-state index contributed by atoms with van der Waals surface area (Å²) in [7, 11) is -0.444. The number of aromatic nitrogens is 1. The van der Waals surface area contributed by atoms with Crippen LogP contribution in [-0.4, -0.2) is 33.6 Å². The molecule has 1 aromatic heterocycles. The van der Waals surface area contributed by atoms with Crippen LogP contribution in [0.1, 0.15) is 12.8 Å². The molecule has 0 atom stereocenters. The minimum absolute atomic E-state index is 0.0445. The van der Waals surface area contributed by atoms with E-state index in [2.05, 4.69) is 4.98 Å². The molecule has 1 fully saturated rings. The van der Waals surface area contributed by atoms with Gasteiger partial charge >= 0.3 is 0 Å². The summed E-state index contributed by atoms with van der Waals surface area (Å²) in [6.45, 7) is 0. The van der Waals surface area contributed by atoms with E-state index in [4.69, 9.17) is 9.88 Å². The fourth-order valence-electron chi connectivity index (χ4n) is 1.46. The number of hydrogen-bond donors (Lipinski definition) is 1. The molecule has 0 spiro atoms. The van der Waals surface area contributed by atoms with Crippen LogP contribution in [0.15, 0.2) is 17.2 Å². The summed E-state index contributed by atoms with van der Waals surface area (Å²) in [5.41, 5.74) is 0. The van der Waals surface area contributed by atoms with E-state index in [1.54, 1.807) is 19.0 Å². The first-order chi connectivity index (χ1) is 7.89. The van der Waals surface area contributed by atoms with Gasteiger partial charge in [0.25, 0.3) is 0 Å². The zero-order chi connectivity index (χ0) is 12.6. The summed E-state index contributed by atoms with van der Waals surface area (Å²) in [5, 5.41) is 5.22. The van der Waals surface area contributed by atoms with E-state index in [0.29, 0.717) is 5.82 Å². The third-order valence-electron chi connectivity index (χ3n) is 2.38. The van der Waals surface area contributed by atoms with Gasteiger partial charge in [0.15, 0.2) is 10.7 Å². The first-order valence-corrected chi connectivity index (χ1v) is 6.80. The number of hydrogen-bond acceptors (Lipinski definition) is 5. The second-order valence-corrected chi connectivity index (χ2v) is 5.72. The zero-order valence-electron chi connectivity index (χ0n) is 9.75. The lowest BCUT2D eigenvalue weighted by atomic mass is 10.4. The predicted molar refractivity (Wildman–Crippen MR) is 63.6 cm³/mol. The maximum Gasteiger partial charge on any atom is 0.245 e. The molecule has 0 aromatic carbocycles. The Hall–Kier alpha value is -1.34. The summed E-state index contributed by atoms with van der Waals surface area (Å²) in [4.78, 5) is 5.57. The molecule has 7 heteroatoms. The van der Waals surface area contributed by atoms with Crippen LogP contribution in [0.2, 0.25) is 0 Å².